The molecule has 0 unspecified atom stereocenters. The quantitative estimate of drug-likeness (QED) is 0.814. The molecule has 2 heterocycles. The molecule has 0 aromatic carbocycles. The van der Waals surface area contributed by atoms with Gasteiger partial charge in [-0.2, -0.15) is 0 Å². The van der Waals surface area contributed by atoms with E-state index in [4.69, 9.17) is 9.88 Å². The van der Waals surface area contributed by atoms with E-state index in [-0.39, 0.29) is 11.8 Å². The first-order valence-corrected chi connectivity index (χ1v) is 9.96. The normalized spacial score (nSPS) is 24.3. The van der Waals surface area contributed by atoms with Crippen molar-refractivity contribution in [2.45, 2.75) is 39.2 Å². The van der Waals surface area contributed by atoms with E-state index in [1.165, 1.54) is 0 Å². The summed E-state index contributed by atoms with van der Waals surface area (Å²) in [4.78, 5) is 15.9. The molecule has 0 spiro atoms. The minimum absolute atomic E-state index is 0.00835. The van der Waals surface area contributed by atoms with Crippen molar-refractivity contribution in [1.29, 1.82) is 0 Å². The Hall–Kier alpha value is -0.860. The van der Waals surface area contributed by atoms with E-state index >= 15 is 0 Å². The van der Waals surface area contributed by atoms with Gasteiger partial charge < -0.3 is 14.5 Å². The summed E-state index contributed by atoms with van der Waals surface area (Å²) in [6.07, 6.45) is 1.97. The molecule has 1 amide bonds. The van der Waals surface area contributed by atoms with Gasteiger partial charge in [0, 0.05) is 26.2 Å². The van der Waals surface area contributed by atoms with Crippen molar-refractivity contribution in [2.75, 3.05) is 38.5 Å². The Bertz CT molecular complexity index is 523. The van der Waals surface area contributed by atoms with Crippen LogP contribution in [0.15, 0.2) is 0 Å². The van der Waals surface area contributed by atoms with Crippen molar-refractivity contribution >= 4 is 16.1 Å². The number of carbonyl (C=O) groups excluding carboxylic acids is 1. The number of hydrogen-bond donors (Lipinski definition) is 1. The van der Waals surface area contributed by atoms with Crippen molar-refractivity contribution in [3.63, 3.8) is 0 Å². The summed E-state index contributed by atoms with van der Waals surface area (Å²) in [6.45, 7) is 9.39. The molecule has 0 bridgehead atoms. The number of nitrogens with zero attached hydrogens (tertiary/aromatic N) is 2. The highest BCUT2D eigenvalue weighted by Crippen LogP contribution is 2.31. The van der Waals surface area contributed by atoms with Crippen LogP contribution < -0.4 is 5.14 Å². The second-order valence-corrected chi connectivity index (χ2v) is 9.45. The number of ether oxygens (including phenoxy) is 1. The predicted molar refractivity (Wildman–Crippen MR) is 88.4 cm³/mol. The van der Waals surface area contributed by atoms with Crippen LogP contribution in [0, 0.1) is 11.8 Å². The SMILES string of the molecule is CC(C)(C)OC(=O)N1CC([C@H]2CCCN(CCS(N)(=O)=O)C2)C1. The second-order valence-electron chi connectivity index (χ2n) is 7.72. The van der Waals surface area contributed by atoms with Gasteiger partial charge in [0.2, 0.25) is 10.0 Å². The predicted octanol–water partition coefficient (Wildman–Crippen LogP) is 0.854. The third kappa shape index (κ3) is 5.93. The number of carbonyl (C=O) groups is 1. The molecule has 2 aliphatic heterocycles. The molecular formula is C15H29N3O4S. The third-order valence-corrected chi connectivity index (χ3v) is 5.21. The second kappa shape index (κ2) is 6.94. The highest BCUT2D eigenvalue weighted by Gasteiger charge is 2.39. The lowest BCUT2D eigenvalue weighted by molar-refractivity contribution is -0.0192. The first kappa shape index (κ1) is 18.5. The highest BCUT2D eigenvalue weighted by atomic mass is 32.2. The van der Waals surface area contributed by atoms with Crippen LogP contribution in [0.2, 0.25) is 0 Å². The minimum Gasteiger partial charge on any atom is -0.444 e. The molecule has 134 valence electrons. The zero-order chi connectivity index (χ0) is 17.3. The van der Waals surface area contributed by atoms with Gasteiger partial charge in [-0.3, -0.25) is 0 Å². The van der Waals surface area contributed by atoms with E-state index in [1.807, 2.05) is 20.8 Å². The smallest absolute Gasteiger partial charge is 0.410 e. The molecule has 0 saturated carbocycles. The summed E-state index contributed by atoms with van der Waals surface area (Å²) in [5.41, 5.74) is -0.461. The lowest BCUT2D eigenvalue weighted by atomic mass is 9.81. The van der Waals surface area contributed by atoms with Gasteiger partial charge in [-0.25, -0.2) is 18.4 Å². The van der Waals surface area contributed by atoms with E-state index in [0.29, 0.717) is 18.4 Å². The van der Waals surface area contributed by atoms with E-state index in [9.17, 15) is 13.2 Å². The van der Waals surface area contributed by atoms with Gasteiger partial charge in [0.05, 0.1) is 5.75 Å². The number of sulfonamides is 1. The Morgan fingerprint density at radius 2 is 1.87 bits per heavy atom. The molecule has 0 aromatic heterocycles. The summed E-state index contributed by atoms with van der Waals surface area (Å²) in [7, 11) is -3.40. The average molecular weight is 347 g/mol. The maximum atomic E-state index is 12.0. The van der Waals surface area contributed by atoms with Crippen molar-refractivity contribution in [3.8, 4) is 0 Å². The molecule has 7 nitrogen and oxygen atoms in total. The van der Waals surface area contributed by atoms with E-state index in [0.717, 1.165) is 39.0 Å². The average Bonchev–Trinajstić information content (AvgIpc) is 2.32. The lowest BCUT2D eigenvalue weighted by Gasteiger charge is -2.46. The van der Waals surface area contributed by atoms with E-state index in [2.05, 4.69) is 4.90 Å². The summed E-state index contributed by atoms with van der Waals surface area (Å²) in [5.74, 6) is 1.01. The summed E-state index contributed by atoms with van der Waals surface area (Å²) >= 11 is 0. The number of nitrogens with two attached hydrogens (primary N) is 1. The fourth-order valence-electron chi connectivity index (χ4n) is 3.22. The van der Waals surface area contributed by atoms with Crippen molar-refractivity contribution < 1.29 is 17.9 Å². The Morgan fingerprint density at radius 3 is 2.43 bits per heavy atom. The van der Waals surface area contributed by atoms with Crippen LogP contribution in [0.3, 0.4) is 0 Å². The molecule has 8 heteroatoms. The fourth-order valence-corrected chi connectivity index (χ4v) is 3.73. The molecule has 23 heavy (non-hydrogen) atoms. The van der Waals surface area contributed by atoms with Crippen LogP contribution in [0.1, 0.15) is 33.6 Å². The van der Waals surface area contributed by atoms with Crippen molar-refractivity contribution in [2.24, 2.45) is 17.0 Å². The number of piperidine rings is 1. The number of likely N-dealkylation sites (tertiary alicyclic amines) is 2. The Morgan fingerprint density at radius 1 is 1.22 bits per heavy atom. The summed E-state index contributed by atoms with van der Waals surface area (Å²) < 4.78 is 27.5. The molecule has 0 aromatic rings. The maximum Gasteiger partial charge on any atom is 0.410 e. The Balaban J connectivity index is 1.75. The van der Waals surface area contributed by atoms with Gasteiger partial charge in [-0.15, -0.1) is 0 Å². The molecule has 0 aliphatic carbocycles. The van der Waals surface area contributed by atoms with Crippen molar-refractivity contribution in [1.82, 2.24) is 9.80 Å². The van der Waals surface area contributed by atoms with E-state index in [1.54, 1.807) is 4.90 Å². The zero-order valence-electron chi connectivity index (χ0n) is 14.3. The first-order valence-electron chi connectivity index (χ1n) is 8.24. The van der Waals surface area contributed by atoms with Gasteiger partial charge in [0.15, 0.2) is 0 Å². The Kier molecular flexibility index (Phi) is 5.58. The van der Waals surface area contributed by atoms with Gasteiger partial charge in [-0.1, -0.05) is 0 Å². The molecule has 0 radical (unpaired) electrons. The van der Waals surface area contributed by atoms with E-state index < -0.39 is 15.6 Å². The third-order valence-electron chi connectivity index (χ3n) is 4.46. The standard InChI is InChI=1S/C15H29N3O4S/c1-15(2,3)22-14(19)18-10-13(11-18)12-5-4-6-17(9-12)7-8-23(16,20)21/h12-13H,4-11H2,1-3H3,(H2,16,20,21)/t12-/m0/s1. The van der Waals surface area contributed by atoms with Crippen LogP contribution in [0.25, 0.3) is 0 Å². The molecule has 2 fully saturated rings. The van der Waals surface area contributed by atoms with Crippen molar-refractivity contribution in [3.05, 3.63) is 0 Å². The molecule has 2 aliphatic rings. The van der Waals surface area contributed by atoms with Gasteiger partial charge in [-0.05, 0) is 52.0 Å². The zero-order valence-corrected chi connectivity index (χ0v) is 15.1. The summed E-state index contributed by atoms with van der Waals surface area (Å²) in [5, 5.41) is 5.07. The molecule has 2 N–H and O–H groups in total. The fraction of sp³-hybridized carbons (Fsp3) is 0.933. The number of hydrogen-bond acceptors (Lipinski definition) is 5. The number of primary sulfonamides is 1. The van der Waals surface area contributed by atoms with Gasteiger partial charge in [0.1, 0.15) is 5.60 Å². The first-order chi connectivity index (χ1) is 10.5. The molecule has 2 rings (SSSR count). The van der Waals surface area contributed by atoms with Gasteiger partial charge >= 0.3 is 6.09 Å². The number of rotatable bonds is 4. The highest BCUT2D eigenvalue weighted by molar-refractivity contribution is 7.89. The number of amides is 1. The largest absolute Gasteiger partial charge is 0.444 e. The van der Waals surface area contributed by atoms with Crippen LogP contribution in [-0.2, 0) is 14.8 Å². The van der Waals surface area contributed by atoms with Crippen LogP contribution >= 0.6 is 0 Å². The molecule has 2 saturated heterocycles. The van der Waals surface area contributed by atoms with Crippen LogP contribution in [-0.4, -0.2) is 68.4 Å². The maximum absolute atomic E-state index is 12.0. The molecular weight excluding hydrogens is 318 g/mol. The molecule has 1 atom stereocenters. The van der Waals surface area contributed by atoms with Crippen LogP contribution in [0.5, 0.6) is 0 Å². The topological polar surface area (TPSA) is 92.9 Å². The summed E-state index contributed by atoms with van der Waals surface area (Å²) in [6, 6.07) is 0. The minimum atomic E-state index is -3.40. The van der Waals surface area contributed by atoms with Crippen LogP contribution in [0.4, 0.5) is 4.79 Å². The lowest BCUT2D eigenvalue weighted by Crippen LogP contribution is -2.56. The van der Waals surface area contributed by atoms with Gasteiger partial charge in [0.25, 0.3) is 0 Å². The monoisotopic (exact) mass is 347 g/mol. The Labute approximate surface area is 139 Å².